The van der Waals surface area contributed by atoms with E-state index in [1.807, 2.05) is 6.92 Å². The molecule has 1 aliphatic rings. The Balaban J connectivity index is 2.91. The van der Waals surface area contributed by atoms with Gasteiger partial charge < -0.3 is 10.2 Å². The molecule has 4 heteroatoms. The molecule has 1 heterocycles. The fourth-order valence-corrected chi connectivity index (χ4v) is 1.34. The van der Waals surface area contributed by atoms with Gasteiger partial charge in [0.05, 0.1) is 12.5 Å². The van der Waals surface area contributed by atoms with Gasteiger partial charge in [-0.2, -0.15) is 0 Å². The molecule has 1 unspecified atom stereocenters. The van der Waals surface area contributed by atoms with Crippen molar-refractivity contribution in [1.82, 2.24) is 10.2 Å². The molecule has 1 aliphatic heterocycles. The molecule has 0 saturated carbocycles. The summed E-state index contributed by atoms with van der Waals surface area (Å²) in [5.74, 6) is -0.536. The zero-order chi connectivity index (χ0) is 10.0. The van der Waals surface area contributed by atoms with Crippen LogP contribution in [0.15, 0.2) is 12.3 Å². The second kappa shape index (κ2) is 3.60. The van der Waals surface area contributed by atoms with Crippen LogP contribution in [0.3, 0.4) is 0 Å². The van der Waals surface area contributed by atoms with Crippen molar-refractivity contribution in [3.05, 3.63) is 12.3 Å². The van der Waals surface area contributed by atoms with Crippen molar-refractivity contribution in [3.63, 3.8) is 0 Å². The normalized spacial score (nSPS) is 24.3. The van der Waals surface area contributed by atoms with Gasteiger partial charge in [-0.25, -0.2) is 0 Å². The highest BCUT2D eigenvalue weighted by molar-refractivity contribution is 5.91. The Bertz CT molecular complexity index is 260. The lowest BCUT2D eigenvalue weighted by molar-refractivity contribution is -0.128. The number of amides is 2. The first-order chi connectivity index (χ1) is 6.07. The fraction of sp³-hybridized carbons (Fsp3) is 0.556. The number of carbonyl (C=O) groups is 2. The van der Waals surface area contributed by atoms with E-state index in [4.69, 9.17) is 0 Å². The molecule has 0 aromatic rings. The number of hydrogen-bond donors (Lipinski definition) is 1. The average Bonchev–Trinajstić information content (AvgIpc) is 2.20. The van der Waals surface area contributed by atoms with E-state index in [9.17, 15) is 9.59 Å². The van der Waals surface area contributed by atoms with Crippen molar-refractivity contribution in [2.75, 3.05) is 13.1 Å². The quantitative estimate of drug-likeness (QED) is 0.626. The molecule has 0 bridgehead atoms. The summed E-state index contributed by atoms with van der Waals surface area (Å²) >= 11 is 0. The Morgan fingerprint density at radius 2 is 2.23 bits per heavy atom. The number of carbonyl (C=O) groups excluding carboxylic acids is 2. The molecule has 0 aromatic heterocycles. The van der Waals surface area contributed by atoms with Crippen LogP contribution in [0.2, 0.25) is 0 Å². The molecule has 4 nitrogen and oxygen atoms in total. The lowest BCUT2D eigenvalue weighted by Crippen LogP contribution is -2.33. The molecular weight excluding hydrogens is 168 g/mol. The van der Waals surface area contributed by atoms with Gasteiger partial charge in [0.15, 0.2) is 0 Å². The van der Waals surface area contributed by atoms with Gasteiger partial charge in [0.1, 0.15) is 0 Å². The van der Waals surface area contributed by atoms with Gasteiger partial charge in [-0.15, -0.1) is 0 Å². The van der Waals surface area contributed by atoms with Crippen LogP contribution in [0, 0.1) is 5.92 Å². The summed E-state index contributed by atoms with van der Waals surface area (Å²) in [6.45, 7) is 8.01. The Kier molecular flexibility index (Phi) is 2.70. The molecule has 0 radical (unpaired) electrons. The molecule has 1 fully saturated rings. The summed E-state index contributed by atoms with van der Waals surface area (Å²) in [7, 11) is 0. The van der Waals surface area contributed by atoms with Crippen molar-refractivity contribution in [3.8, 4) is 0 Å². The zero-order valence-electron chi connectivity index (χ0n) is 7.96. The van der Waals surface area contributed by atoms with Gasteiger partial charge in [0.25, 0.3) is 0 Å². The van der Waals surface area contributed by atoms with Crippen LogP contribution in [-0.2, 0) is 9.59 Å². The van der Waals surface area contributed by atoms with Gasteiger partial charge >= 0.3 is 0 Å². The number of likely N-dealkylation sites (N-methyl/N-ethyl adjacent to an activating group) is 1. The van der Waals surface area contributed by atoms with Crippen LogP contribution < -0.4 is 5.32 Å². The van der Waals surface area contributed by atoms with Crippen molar-refractivity contribution in [1.29, 1.82) is 0 Å². The summed E-state index contributed by atoms with van der Waals surface area (Å²) in [6, 6.07) is 0. The Morgan fingerprint density at radius 1 is 1.62 bits per heavy atom. The van der Waals surface area contributed by atoms with Crippen molar-refractivity contribution in [2.45, 2.75) is 13.8 Å². The van der Waals surface area contributed by atoms with Crippen LogP contribution in [-0.4, -0.2) is 29.8 Å². The van der Waals surface area contributed by atoms with Crippen LogP contribution in [0.5, 0.6) is 0 Å². The SMILES string of the molecule is C=C1C(C)C(=O)NCC(=O)N1CC. The minimum Gasteiger partial charge on any atom is -0.346 e. The second-order valence-corrected chi connectivity index (χ2v) is 3.07. The maximum Gasteiger partial charge on any atom is 0.246 e. The molecule has 13 heavy (non-hydrogen) atoms. The minimum absolute atomic E-state index is 0.0794. The third-order valence-electron chi connectivity index (χ3n) is 2.27. The maximum atomic E-state index is 11.4. The topological polar surface area (TPSA) is 49.4 Å². The van der Waals surface area contributed by atoms with Crippen LogP contribution in [0.25, 0.3) is 0 Å². The molecular formula is C9H14N2O2. The Morgan fingerprint density at radius 3 is 2.77 bits per heavy atom. The Labute approximate surface area is 77.6 Å². The molecule has 1 rings (SSSR count). The first kappa shape index (κ1) is 9.77. The van der Waals surface area contributed by atoms with E-state index in [1.54, 1.807) is 11.8 Å². The van der Waals surface area contributed by atoms with Gasteiger partial charge in [-0.3, -0.25) is 9.59 Å². The van der Waals surface area contributed by atoms with Crippen LogP contribution >= 0.6 is 0 Å². The highest BCUT2D eigenvalue weighted by Crippen LogP contribution is 2.16. The van der Waals surface area contributed by atoms with E-state index in [0.29, 0.717) is 12.2 Å². The van der Waals surface area contributed by atoms with E-state index in [2.05, 4.69) is 11.9 Å². The summed E-state index contributed by atoms with van der Waals surface area (Å²) in [5, 5.41) is 2.55. The first-order valence-corrected chi connectivity index (χ1v) is 4.34. The third-order valence-corrected chi connectivity index (χ3v) is 2.27. The maximum absolute atomic E-state index is 11.4. The summed E-state index contributed by atoms with van der Waals surface area (Å²) in [4.78, 5) is 24.2. The highest BCUT2D eigenvalue weighted by Gasteiger charge is 2.28. The number of rotatable bonds is 1. The molecule has 0 aromatic carbocycles. The van der Waals surface area contributed by atoms with Gasteiger partial charge in [-0.05, 0) is 13.8 Å². The van der Waals surface area contributed by atoms with Crippen LogP contribution in [0.1, 0.15) is 13.8 Å². The predicted octanol–water partition coefficient (Wildman–Crippen LogP) is 0.114. The molecule has 2 amide bonds. The molecule has 1 atom stereocenters. The summed E-state index contributed by atoms with van der Waals surface area (Å²) in [6.07, 6.45) is 0. The number of nitrogens with zero attached hydrogens (tertiary/aromatic N) is 1. The second-order valence-electron chi connectivity index (χ2n) is 3.07. The minimum atomic E-state index is -0.314. The largest absolute Gasteiger partial charge is 0.346 e. The first-order valence-electron chi connectivity index (χ1n) is 4.34. The summed E-state index contributed by atoms with van der Waals surface area (Å²) in [5.41, 5.74) is 0.586. The van der Waals surface area contributed by atoms with Gasteiger partial charge in [0, 0.05) is 12.2 Å². The van der Waals surface area contributed by atoms with E-state index in [0.717, 1.165) is 0 Å². The fourth-order valence-electron chi connectivity index (χ4n) is 1.34. The lowest BCUT2D eigenvalue weighted by Gasteiger charge is -2.22. The smallest absolute Gasteiger partial charge is 0.246 e. The predicted molar refractivity (Wildman–Crippen MR) is 48.7 cm³/mol. The highest BCUT2D eigenvalue weighted by atomic mass is 16.2. The third kappa shape index (κ3) is 1.71. The van der Waals surface area contributed by atoms with E-state index in [1.165, 1.54) is 0 Å². The average molecular weight is 182 g/mol. The molecule has 1 N–H and O–H groups in total. The van der Waals surface area contributed by atoms with E-state index >= 15 is 0 Å². The van der Waals surface area contributed by atoms with Crippen molar-refractivity contribution >= 4 is 11.8 Å². The number of nitrogens with one attached hydrogen (secondary N) is 1. The van der Waals surface area contributed by atoms with E-state index in [-0.39, 0.29) is 24.3 Å². The number of hydrogen-bond acceptors (Lipinski definition) is 2. The van der Waals surface area contributed by atoms with Crippen molar-refractivity contribution in [2.24, 2.45) is 5.92 Å². The van der Waals surface area contributed by atoms with Gasteiger partial charge in [0.2, 0.25) is 11.8 Å². The molecule has 0 spiro atoms. The lowest BCUT2D eigenvalue weighted by atomic mass is 10.1. The van der Waals surface area contributed by atoms with Crippen LogP contribution in [0.4, 0.5) is 0 Å². The Hall–Kier alpha value is -1.32. The van der Waals surface area contributed by atoms with Crippen molar-refractivity contribution < 1.29 is 9.59 Å². The molecule has 1 saturated heterocycles. The molecule has 0 aliphatic carbocycles. The monoisotopic (exact) mass is 182 g/mol. The van der Waals surface area contributed by atoms with E-state index < -0.39 is 0 Å². The van der Waals surface area contributed by atoms with Gasteiger partial charge in [-0.1, -0.05) is 6.58 Å². The molecule has 72 valence electrons. The summed E-state index contributed by atoms with van der Waals surface area (Å²) < 4.78 is 0. The standard InChI is InChI=1S/C9H14N2O2/c1-4-11-7(3)6(2)9(13)10-5-8(11)12/h6H,3-5H2,1-2H3,(H,10,13). The zero-order valence-corrected chi connectivity index (χ0v) is 7.96.